The molecule has 0 N–H and O–H groups in total. The van der Waals surface area contributed by atoms with Gasteiger partial charge in [-0.3, -0.25) is 0 Å². The fraction of sp³-hybridized carbons (Fsp3) is 1.00. The van der Waals surface area contributed by atoms with Crippen LogP contribution in [-0.2, 0) is 13.3 Å². The average Bonchev–Trinajstić information content (AvgIpc) is 2.50. The Morgan fingerprint density at radius 3 is 0.844 bits per heavy atom. The van der Waals surface area contributed by atoms with Crippen LogP contribution in [0.2, 0.25) is 0 Å². The first kappa shape index (κ1) is 33.0. The molecule has 0 spiro atoms. The summed E-state index contributed by atoms with van der Waals surface area (Å²) in [6.07, 6.45) is -5.32. The van der Waals surface area contributed by atoms with Crippen molar-refractivity contribution in [2.24, 2.45) is 0 Å². The van der Waals surface area contributed by atoms with Crippen LogP contribution in [0.5, 0.6) is 0 Å². The number of rotatable bonds is 15. The van der Waals surface area contributed by atoms with Crippen LogP contribution < -0.4 is 0 Å². The average molecular weight is 735 g/mol. The zero-order valence-corrected chi connectivity index (χ0v) is 21.5. The number of halogens is 16. The Morgan fingerprint density at radius 1 is 0.500 bits per heavy atom. The minimum Gasteiger partial charge on any atom is -0.361 e. The van der Waals surface area contributed by atoms with Gasteiger partial charge in [-0.05, 0) is 47.8 Å². The first-order valence-corrected chi connectivity index (χ1v) is 12.9. The molecule has 0 saturated heterocycles. The van der Waals surface area contributed by atoms with Crippen molar-refractivity contribution < 1.29 is 66.0 Å². The van der Waals surface area contributed by atoms with Crippen LogP contribution in [0.3, 0.4) is 0 Å². The molecule has 0 aromatic rings. The molecule has 0 aliphatic rings. The van der Waals surface area contributed by atoms with E-state index in [1.54, 1.807) is 0 Å². The molecule has 0 saturated carbocycles. The SMILES string of the molecule is FC(F)(Br)C(F)(F)CCO[Si](Cl)(OCCC(F)(F)C(F)(F)Br)OCCC(F)(F)C(F)(F)Br. The molecule has 0 aliphatic carbocycles. The van der Waals surface area contributed by atoms with Crippen molar-refractivity contribution in [3.63, 3.8) is 0 Å². The molecule has 32 heavy (non-hydrogen) atoms. The van der Waals surface area contributed by atoms with Crippen LogP contribution >= 0.6 is 58.9 Å². The summed E-state index contributed by atoms with van der Waals surface area (Å²) in [5.41, 5.74) is 0. The summed E-state index contributed by atoms with van der Waals surface area (Å²) >= 11 is 9.82. The van der Waals surface area contributed by atoms with E-state index in [4.69, 9.17) is 11.1 Å². The van der Waals surface area contributed by atoms with Gasteiger partial charge in [0, 0.05) is 39.1 Å². The zero-order chi connectivity index (χ0) is 25.9. The highest BCUT2D eigenvalue weighted by molar-refractivity contribution is 9.10. The van der Waals surface area contributed by atoms with Gasteiger partial charge in [0.1, 0.15) is 0 Å². The van der Waals surface area contributed by atoms with Gasteiger partial charge in [-0.1, -0.05) is 11.1 Å². The topological polar surface area (TPSA) is 27.7 Å². The van der Waals surface area contributed by atoms with Crippen molar-refractivity contribution in [1.29, 1.82) is 0 Å². The largest absolute Gasteiger partial charge is 0.613 e. The maximum atomic E-state index is 13.2. The van der Waals surface area contributed by atoms with Crippen molar-refractivity contribution >= 4 is 67.0 Å². The molecule has 0 aromatic heterocycles. The van der Waals surface area contributed by atoms with Gasteiger partial charge in [0.05, 0.1) is 0 Å². The Labute approximate surface area is 203 Å². The Bertz CT molecular complexity index is 522. The molecule has 0 bridgehead atoms. The minimum absolute atomic E-state index is 1.40. The molecule has 0 heterocycles. The van der Waals surface area contributed by atoms with Crippen molar-refractivity contribution in [2.75, 3.05) is 19.8 Å². The molecule has 194 valence electrons. The quantitative estimate of drug-likeness (QED) is 0.0746. The molecule has 0 rings (SSSR count). The predicted molar refractivity (Wildman–Crippen MR) is 99.8 cm³/mol. The lowest BCUT2D eigenvalue weighted by Gasteiger charge is -2.28. The van der Waals surface area contributed by atoms with Gasteiger partial charge in [0.15, 0.2) is 0 Å². The van der Waals surface area contributed by atoms with Crippen LogP contribution in [0.4, 0.5) is 52.7 Å². The monoisotopic (exact) mass is 732 g/mol. The van der Waals surface area contributed by atoms with Gasteiger partial charge < -0.3 is 13.3 Å². The van der Waals surface area contributed by atoms with E-state index in [1.165, 1.54) is 47.8 Å². The number of hydrogen-bond acceptors (Lipinski definition) is 3. The first-order chi connectivity index (χ1) is 13.9. The van der Waals surface area contributed by atoms with E-state index in [2.05, 4.69) is 13.3 Å². The van der Waals surface area contributed by atoms with Crippen molar-refractivity contribution in [3.05, 3.63) is 0 Å². The van der Waals surface area contributed by atoms with Crippen molar-refractivity contribution in [1.82, 2.24) is 0 Å². The van der Waals surface area contributed by atoms with Gasteiger partial charge in [-0.25, -0.2) is 0 Å². The predicted octanol–water partition coefficient (Wildman–Crippen LogP) is 7.75. The van der Waals surface area contributed by atoms with E-state index in [1.807, 2.05) is 0 Å². The lowest BCUT2D eigenvalue weighted by atomic mass is 10.2. The maximum Gasteiger partial charge on any atom is 0.613 e. The fourth-order valence-corrected chi connectivity index (χ4v) is 4.03. The van der Waals surface area contributed by atoms with E-state index in [9.17, 15) is 52.7 Å². The highest BCUT2D eigenvalue weighted by atomic mass is 79.9. The molecule has 0 aliphatic heterocycles. The van der Waals surface area contributed by atoms with Crippen LogP contribution in [0.15, 0.2) is 0 Å². The molecule has 0 fully saturated rings. The van der Waals surface area contributed by atoms with E-state index in [0.717, 1.165) is 0 Å². The third kappa shape index (κ3) is 10.3. The molecule has 0 atom stereocenters. The summed E-state index contributed by atoms with van der Waals surface area (Å²) in [7, 11) is -5.03. The van der Waals surface area contributed by atoms with E-state index in [0.29, 0.717) is 0 Å². The molecule has 0 radical (unpaired) electrons. The van der Waals surface area contributed by atoms with Gasteiger partial charge in [-0.15, -0.1) is 0 Å². The second-order valence-corrected chi connectivity index (χ2v) is 12.1. The Morgan fingerprint density at radius 2 is 0.688 bits per heavy atom. The van der Waals surface area contributed by atoms with E-state index < -0.39 is 79.5 Å². The molecular formula is C12H12Br3ClF12O3Si. The fourth-order valence-electron chi connectivity index (χ4n) is 1.45. The van der Waals surface area contributed by atoms with E-state index in [-0.39, 0.29) is 0 Å². The van der Waals surface area contributed by atoms with Crippen molar-refractivity contribution in [3.8, 4) is 0 Å². The normalized spacial score (nSPS) is 15.4. The lowest BCUT2D eigenvalue weighted by Crippen LogP contribution is -2.45. The summed E-state index contributed by atoms with van der Waals surface area (Å²) in [5.74, 6) is -14.2. The standard InChI is InChI=1S/C12H12Br3ClF12O3Si/c13-10(23,24)7(17,18)1-4-29-32(16,30-5-2-8(19,20)11(14,25)26)31-6-3-9(21,22)12(15,27)28/h1-6H2. The lowest BCUT2D eigenvalue weighted by molar-refractivity contribution is -0.162. The van der Waals surface area contributed by atoms with Crippen LogP contribution in [-0.4, -0.2) is 60.2 Å². The number of hydrogen-bond donors (Lipinski definition) is 0. The summed E-state index contributed by atoms with van der Waals surface area (Å²) in [6.45, 7) is -4.21. The highest BCUT2D eigenvalue weighted by Crippen LogP contribution is 2.44. The van der Waals surface area contributed by atoms with Crippen LogP contribution in [0.1, 0.15) is 19.3 Å². The Balaban J connectivity index is 5.20. The smallest absolute Gasteiger partial charge is 0.361 e. The number of alkyl halides is 15. The summed E-state index contributed by atoms with van der Waals surface area (Å²) in [5, 5.41) is 0. The van der Waals surface area contributed by atoms with Gasteiger partial charge in [-0.2, -0.15) is 52.7 Å². The van der Waals surface area contributed by atoms with Gasteiger partial charge in [0.2, 0.25) is 0 Å². The summed E-state index contributed by atoms with van der Waals surface area (Å²) in [4.78, 5) is -14.1. The molecule has 3 nitrogen and oxygen atoms in total. The van der Waals surface area contributed by atoms with Gasteiger partial charge in [0.25, 0.3) is 0 Å². The third-order valence-corrected chi connectivity index (χ3v) is 7.68. The maximum absolute atomic E-state index is 13.2. The molecule has 0 amide bonds. The molecular weight excluding hydrogens is 723 g/mol. The summed E-state index contributed by atoms with van der Waals surface area (Å²) in [6, 6.07) is 0. The second kappa shape index (κ2) is 11.4. The zero-order valence-electron chi connectivity index (χ0n) is 15.0. The molecule has 20 heteroatoms. The third-order valence-electron chi connectivity index (χ3n) is 3.32. The molecule has 0 aromatic carbocycles. The van der Waals surface area contributed by atoms with Crippen molar-refractivity contribution in [2.45, 2.75) is 51.5 Å². The highest BCUT2D eigenvalue weighted by Gasteiger charge is 2.57. The Hall–Kier alpha value is 0.987. The summed E-state index contributed by atoms with van der Waals surface area (Å²) < 4.78 is 169. The minimum atomic E-state index is -5.03. The first-order valence-electron chi connectivity index (χ1n) is 7.81. The Kier molecular flexibility index (Phi) is 11.7. The van der Waals surface area contributed by atoms with E-state index >= 15 is 0 Å². The second-order valence-electron chi connectivity index (χ2n) is 5.88. The molecule has 0 unspecified atom stereocenters. The van der Waals surface area contributed by atoms with Gasteiger partial charge >= 0.3 is 40.4 Å². The van der Waals surface area contributed by atoms with Crippen LogP contribution in [0, 0.1) is 0 Å². The van der Waals surface area contributed by atoms with Crippen LogP contribution in [0.25, 0.3) is 0 Å².